The fourth-order valence-corrected chi connectivity index (χ4v) is 2.13. The molecule has 0 aliphatic carbocycles. The van der Waals surface area contributed by atoms with E-state index in [-0.39, 0.29) is 11.9 Å². The zero-order valence-corrected chi connectivity index (χ0v) is 12.0. The number of ether oxygens (including phenoxy) is 1. The Kier molecular flexibility index (Phi) is 4.52. The number of methoxy groups -OCH3 is 1. The standard InChI is InChI=1S/C15H20FN3O/c1-9-13(16)5-4-11-8-12(10(2)17)15(19-14(9)11)18-6-7-20-3/h4-5,8,10H,6-7,17H2,1-3H3,(H,18,19)/t10-/m0/s1. The largest absolute Gasteiger partial charge is 0.383 e. The molecule has 0 saturated heterocycles. The van der Waals surface area contributed by atoms with Crippen molar-refractivity contribution in [2.24, 2.45) is 5.73 Å². The van der Waals surface area contributed by atoms with Gasteiger partial charge in [0, 0.05) is 36.2 Å². The van der Waals surface area contributed by atoms with Gasteiger partial charge in [-0.1, -0.05) is 0 Å². The smallest absolute Gasteiger partial charge is 0.131 e. The summed E-state index contributed by atoms with van der Waals surface area (Å²) in [5, 5.41) is 4.09. The third-order valence-electron chi connectivity index (χ3n) is 3.29. The van der Waals surface area contributed by atoms with Gasteiger partial charge in [-0.3, -0.25) is 0 Å². The summed E-state index contributed by atoms with van der Waals surface area (Å²) in [7, 11) is 1.64. The molecule has 2 aromatic rings. The number of rotatable bonds is 5. The van der Waals surface area contributed by atoms with Crippen molar-refractivity contribution < 1.29 is 9.13 Å². The number of anilines is 1. The summed E-state index contributed by atoms with van der Waals surface area (Å²) in [5.74, 6) is 0.444. The first-order chi connectivity index (χ1) is 9.54. The Labute approximate surface area is 118 Å². The predicted molar refractivity (Wildman–Crippen MR) is 79.4 cm³/mol. The number of hydrogen-bond acceptors (Lipinski definition) is 4. The van der Waals surface area contributed by atoms with E-state index in [0.717, 1.165) is 10.9 Å². The normalized spacial score (nSPS) is 12.7. The van der Waals surface area contributed by atoms with Crippen molar-refractivity contribution in [3.63, 3.8) is 0 Å². The van der Waals surface area contributed by atoms with Crippen LogP contribution in [0.3, 0.4) is 0 Å². The van der Waals surface area contributed by atoms with E-state index in [1.807, 2.05) is 13.0 Å². The highest BCUT2D eigenvalue weighted by molar-refractivity contribution is 5.84. The number of hydrogen-bond donors (Lipinski definition) is 2. The predicted octanol–water partition coefficient (Wildman–Crippen LogP) is 2.76. The molecule has 0 radical (unpaired) electrons. The third-order valence-corrected chi connectivity index (χ3v) is 3.29. The van der Waals surface area contributed by atoms with Gasteiger partial charge in [-0.2, -0.15) is 0 Å². The molecular formula is C15H20FN3O. The van der Waals surface area contributed by atoms with Crippen LogP contribution in [0.4, 0.5) is 10.2 Å². The van der Waals surface area contributed by atoms with Crippen LogP contribution >= 0.6 is 0 Å². The summed E-state index contributed by atoms with van der Waals surface area (Å²) in [5.41, 5.74) is 8.12. The van der Waals surface area contributed by atoms with Crippen LogP contribution in [0.1, 0.15) is 24.1 Å². The van der Waals surface area contributed by atoms with E-state index in [9.17, 15) is 4.39 Å². The van der Waals surface area contributed by atoms with Crippen molar-refractivity contribution >= 4 is 16.7 Å². The van der Waals surface area contributed by atoms with Crippen LogP contribution in [-0.2, 0) is 4.74 Å². The minimum Gasteiger partial charge on any atom is -0.383 e. The molecule has 1 heterocycles. The maximum atomic E-state index is 13.6. The van der Waals surface area contributed by atoms with Gasteiger partial charge >= 0.3 is 0 Å². The van der Waals surface area contributed by atoms with E-state index in [4.69, 9.17) is 10.5 Å². The second-order valence-electron chi connectivity index (χ2n) is 4.88. The van der Waals surface area contributed by atoms with Crippen molar-refractivity contribution in [3.8, 4) is 0 Å². The van der Waals surface area contributed by atoms with Gasteiger partial charge in [0.2, 0.25) is 0 Å². The van der Waals surface area contributed by atoms with Gasteiger partial charge in [0.1, 0.15) is 11.6 Å². The second kappa shape index (κ2) is 6.15. The lowest BCUT2D eigenvalue weighted by Gasteiger charge is -2.16. The number of halogens is 1. The lowest BCUT2D eigenvalue weighted by Crippen LogP contribution is -2.15. The summed E-state index contributed by atoms with van der Waals surface area (Å²) in [4.78, 5) is 4.54. The summed E-state index contributed by atoms with van der Waals surface area (Å²) in [6.45, 7) is 4.83. The Bertz CT molecular complexity index is 614. The Balaban J connectivity index is 2.51. The van der Waals surface area contributed by atoms with Crippen molar-refractivity contribution in [3.05, 3.63) is 35.1 Å². The number of fused-ring (bicyclic) bond motifs is 1. The average molecular weight is 277 g/mol. The number of nitrogens with zero attached hydrogens (tertiary/aromatic N) is 1. The quantitative estimate of drug-likeness (QED) is 0.825. The lowest BCUT2D eigenvalue weighted by atomic mass is 10.0. The number of aromatic nitrogens is 1. The highest BCUT2D eigenvalue weighted by Gasteiger charge is 2.13. The molecule has 0 fully saturated rings. The molecule has 5 heteroatoms. The first-order valence-electron chi connectivity index (χ1n) is 6.62. The topological polar surface area (TPSA) is 60.2 Å². The van der Waals surface area contributed by atoms with Crippen molar-refractivity contribution in [2.75, 3.05) is 25.6 Å². The van der Waals surface area contributed by atoms with Gasteiger partial charge in [-0.25, -0.2) is 9.37 Å². The van der Waals surface area contributed by atoms with Gasteiger partial charge < -0.3 is 15.8 Å². The second-order valence-corrected chi connectivity index (χ2v) is 4.88. The van der Waals surface area contributed by atoms with Gasteiger partial charge in [-0.15, -0.1) is 0 Å². The first kappa shape index (κ1) is 14.7. The Hall–Kier alpha value is -1.72. The van der Waals surface area contributed by atoms with Gasteiger partial charge in [0.25, 0.3) is 0 Å². The van der Waals surface area contributed by atoms with Crippen LogP contribution in [0.5, 0.6) is 0 Å². The molecule has 108 valence electrons. The highest BCUT2D eigenvalue weighted by atomic mass is 19.1. The Morgan fingerprint density at radius 1 is 1.45 bits per heavy atom. The summed E-state index contributed by atoms with van der Waals surface area (Å²) < 4.78 is 18.7. The number of pyridine rings is 1. The molecule has 0 spiro atoms. The van der Waals surface area contributed by atoms with Crippen LogP contribution < -0.4 is 11.1 Å². The zero-order chi connectivity index (χ0) is 14.7. The summed E-state index contributed by atoms with van der Waals surface area (Å²) in [6, 6.07) is 5.01. The van der Waals surface area contributed by atoms with Crippen LogP contribution in [0.25, 0.3) is 10.9 Å². The van der Waals surface area contributed by atoms with Crippen molar-refractivity contribution in [1.82, 2.24) is 4.98 Å². The monoisotopic (exact) mass is 277 g/mol. The molecule has 0 aliphatic heterocycles. The van der Waals surface area contributed by atoms with E-state index in [0.29, 0.717) is 30.0 Å². The molecule has 2 rings (SSSR count). The molecule has 3 N–H and O–H groups in total. The molecule has 1 aromatic heterocycles. The third kappa shape index (κ3) is 2.89. The average Bonchev–Trinajstić information content (AvgIpc) is 2.43. The van der Waals surface area contributed by atoms with Gasteiger partial charge in [0.05, 0.1) is 12.1 Å². The summed E-state index contributed by atoms with van der Waals surface area (Å²) >= 11 is 0. The molecule has 0 bridgehead atoms. The fourth-order valence-electron chi connectivity index (χ4n) is 2.13. The van der Waals surface area contributed by atoms with Gasteiger partial charge in [0.15, 0.2) is 0 Å². The van der Waals surface area contributed by atoms with E-state index >= 15 is 0 Å². The molecule has 20 heavy (non-hydrogen) atoms. The maximum absolute atomic E-state index is 13.6. The van der Waals surface area contributed by atoms with Crippen LogP contribution in [0.15, 0.2) is 18.2 Å². The number of aryl methyl sites for hydroxylation is 1. The lowest BCUT2D eigenvalue weighted by molar-refractivity contribution is 0.210. The van der Waals surface area contributed by atoms with Crippen LogP contribution in [-0.4, -0.2) is 25.2 Å². The molecule has 0 aliphatic rings. The molecular weight excluding hydrogens is 257 g/mol. The Morgan fingerprint density at radius 3 is 2.85 bits per heavy atom. The van der Waals surface area contributed by atoms with Crippen LogP contribution in [0.2, 0.25) is 0 Å². The van der Waals surface area contributed by atoms with E-state index in [1.165, 1.54) is 6.07 Å². The number of nitrogens with two attached hydrogens (primary N) is 1. The zero-order valence-electron chi connectivity index (χ0n) is 12.0. The molecule has 1 atom stereocenters. The molecule has 0 unspecified atom stereocenters. The molecule has 0 amide bonds. The van der Waals surface area contributed by atoms with Gasteiger partial charge in [-0.05, 0) is 32.0 Å². The molecule has 0 saturated carbocycles. The number of nitrogens with one attached hydrogen (secondary N) is 1. The Morgan fingerprint density at radius 2 is 2.20 bits per heavy atom. The first-order valence-corrected chi connectivity index (χ1v) is 6.62. The summed E-state index contributed by atoms with van der Waals surface area (Å²) in [6.07, 6.45) is 0. The SMILES string of the molecule is COCCNc1nc2c(C)c(F)ccc2cc1[C@H](C)N. The van der Waals surface area contributed by atoms with Crippen LogP contribution in [0, 0.1) is 12.7 Å². The van der Waals surface area contributed by atoms with Crippen molar-refractivity contribution in [1.29, 1.82) is 0 Å². The molecule has 4 nitrogen and oxygen atoms in total. The maximum Gasteiger partial charge on any atom is 0.131 e. The van der Waals surface area contributed by atoms with E-state index in [1.54, 1.807) is 20.1 Å². The molecule has 1 aromatic carbocycles. The minimum atomic E-state index is -0.249. The highest BCUT2D eigenvalue weighted by Crippen LogP contribution is 2.27. The van der Waals surface area contributed by atoms with E-state index in [2.05, 4.69) is 10.3 Å². The fraction of sp³-hybridized carbons (Fsp3) is 0.400. The number of benzene rings is 1. The van der Waals surface area contributed by atoms with Crippen molar-refractivity contribution in [2.45, 2.75) is 19.9 Å². The van der Waals surface area contributed by atoms with E-state index < -0.39 is 0 Å². The minimum absolute atomic E-state index is 0.151.